The van der Waals surface area contributed by atoms with Crippen molar-refractivity contribution in [2.75, 3.05) is 7.05 Å². The Hall–Kier alpha value is -2.88. The van der Waals surface area contributed by atoms with Crippen LogP contribution in [0.3, 0.4) is 0 Å². The molecule has 2 aromatic carbocycles. The highest BCUT2D eigenvalue weighted by molar-refractivity contribution is 6.46. The van der Waals surface area contributed by atoms with E-state index >= 15 is 0 Å². The molecule has 1 atom stereocenters. The fourth-order valence-corrected chi connectivity index (χ4v) is 2.72. The van der Waals surface area contributed by atoms with Gasteiger partial charge in [-0.25, -0.2) is 0 Å². The van der Waals surface area contributed by atoms with Gasteiger partial charge in [0.25, 0.3) is 11.7 Å². The minimum Gasteiger partial charge on any atom is -0.507 e. The van der Waals surface area contributed by atoms with Crippen LogP contribution in [0.5, 0.6) is 0 Å². The number of aliphatic hydroxyl groups excluding tert-OH is 1. The van der Waals surface area contributed by atoms with E-state index in [0.717, 1.165) is 5.56 Å². The summed E-state index contributed by atoms with van der Waals surface area (Å²) in [6.45, 7) is 0. The summed E-state index contributed by atoms with van der Waals surface area (Å²) >= 11 is 0. The van der Waals surface area contributed by atoms with Gasteiger partial charge in [0.1, 0.15) is 5.76 Å². The maximum atomic E-state index is 12.3. The maximum Gasteiger partial charge on any atom is 0.295 e. The van der Waals surface area contributed by atoms with Crippen LogP contribution in [0.4, 0.5) is 0 Å². The molecule has 0 aromatic heterocycles. The van der Waals surface area contributed by atoms with E-state index in [9.17, 15) is 14.7 Å². The molecule has 1 unspecified atom stereocenters. The summed E-state index contributed by atoms with van der Waals surface area (Å²) in [5.41, 5.74) is 1.45. The van der Waals surface area contributed by atoms with Crippen molar-refractivity contribution in [1.29, 1.82) is 0 Å². The first-order valence-electron chi connectivity index (χ1n) is 6.96. The van der Waals surface area contributed by atoms with Crippen LogP contribution in [0.2, 0.25) is 0 Å². The number of carbonyl (C=O) groups excluding carboxylic acids is 2. The molecule has 0 aliphatic carbocycles. The summed E-state index contributed by atoms with van der Waals surface area (Å²) in [5.74, 6) is -1.40. The van der Waals surface area contributed by atoms with E-state index in [1.807, 2.05) is 36.4 Å². The SMILES string of the molecule is CN1C(=O)C(=O)C(=C(O)c2ccccc2)C1c1ccccc1. The van der Waals surface area contributed by atoms with Gasteiger partial charge in [0.05, 0.1) is 11.6 Å². The second-order valence-electron chi connectivity index (χ2n) is 5.19. The number of nitrogens with zero attached hydrogens (tertiary/aromatic N) is 1. The van der Waals surface area contributed by atoms with Crippen LogP contribution in [-0.4, -0.2) is 28.7 Å². The van der Waals surface area contributed by atoms with Gasteiger partial charge in [0, 0.05) is 12.6 Å². The smallest absolute Gasteiger partial charge is 0.295 e. The van der Waals surface area contributed by atoms with E-state index in [-0.39, 0.29) is 11.3 Å². The molecular formula is C18H15NO3. The molecule has 3 rings (SSSR count). The summed E-state index contributed by atoms with van der Waals surface area (Å²) in [7, 11) is 1.57. The Kier molecular flexibility index (Phi) is 3.51. The maximum absolute atomic E-state index is 12.3. The number of ketones is 1. The average molecular weight is 293 g/mol. The Bertz CT molecular complexity index is 750. The van der Waals surface area contributed by atoms with Gasteiger partial charge in [-0.3, -0.25) is 9.59 Å². The third-order valence-corrected chi connectivity index (χ3v) is 3.84. The highest BCUT2D eigenvalue weighted by Gasteiger charge is 2.43. The number of likely N-dealkylation sites (N-methyl/N-ethyl adjacent to an activating group) is 1. The zero-order valence-electron chi connectivity index (χ0n) is 12.1. The normalized spacial score (nSPS) is 20.4. The summed E-state index contributed by atoms with van der Waals surface area (Å²) < 4.78 is 0. The summed E-state index contributed by atoms with van der Waals surface area (Å²) in [4.78, 5) is 25.7. The molecule has 1 aliphatic rings. The summed E-state index contributed by atoms with van der Waals surface area (Å²) in [6, 6.07) is 17.4. The van der Waals surface area contributed by atoms with Crippen molar-refractivity contribution in [2.24, 2.45) is 0 Å². The van der Waals surface area contributed by atoms with Gasteiger partial charge in [-0.2, -0.15) is 0 Å². The third kappa shape index (κ3) is 2.19. The lowest BCUT2D eigenvalue weighted by atomic mass is 9.95. The molecule has 4 nitrogen and oxygen atoms in total. The van der Waals surface area contributed by atoms with Crippen molar-refractivity contribution in [3.63, 3.8) is 0 Å². The lowest BCUT2D eigenvalue weighted by Gasteiger charge is -2.20. The molecule has 0 saturated carbocycles. The molecule has 1 heterocycles. The zero-order chi connectivity index (χ0) is 15.7. The van der Waals surface area contributed by atoms with Crippen LogP contribution >= 0.6 is 0 Å². The van der Waals surface area contributed by atoms with Crippen LogP contribution < -0.4 is 0 Å². The van der Waals surface area contributed by atoms with Crippen molar-refractivity contribution in [1.82, 2.24) is 4.90 Å². The Morgan fingerprint density at radius 1 is 0.955 bits per heavy atom. The first-order valence-corrected chi connectivity index (χ1v) is 6.96. The van der Waals surface area contributed by atoms with Gasteiger partial charge in [-0.05, 0) is 5.56 Å². The minimum absolute atomic E-state index is 0.130. The molecule has 110 valence electrons. The first-order chi connectivity index (χ1) is 10.6. The summed E-state index contributed by atoms with van der Waals surface area (Å²) in [5, 5.41) is 10.5. The van der Waals surface area contributed by atoms with E-state index in [2.05, 4.69) is 0 Å². The molecule has 0 spiro atoms. The van der Waals surface area contributed by atoms with Crippen LogP contribution in [0.1, 0.15) is 17.2 Å². The summed E-state index contributed by atoms with van der Waals surface area (Å²) in [6.07, 6.45) is 0. The number of aliphatic hydroxyl groups is 1. The Labute approximate surface area is 128 Å². The number of hydrogen-bond donors (Lipinski definition) is 1. The van der Waals surface area contributed by atoms with Crippen molar-refractivity contribution in [3.05, 3.63) is 77.4 Å². The van der Waals surface area contributed by atoms with Crippen molar-refractivity contribution in [3.8, 4) is 0 Å². The molecular weight excluding hydrogens is 278 g/mol. The van der Waals surface area contributed by atoms with Gasteiger partial charge >= 0.3 is 0 Å². The second-order valence-corrected chi connectivity index (χ2v) is 5.19. The van der Waals surface area contributed by atoms with Crippen LogP contribution in [0.25, 0.3) is 5.76 Å². The van der Waals surface area contributed by atoms with Gasteiger partial charge in [0.15, 0.2) is 0 Å². The monoisotopic (exact) mass is 293 g/mol. The van der Waals surface area contributed by atoms with Crippen LogP contribution in [0, 0.1) is 0 Å². The minimum atomic E-state index is -0.655. The van der Waals surface area contributed by atoms with Crippen molar-refractivity contribution < 1.29 is 14.7 Å². The Balaban J connectivity index is 2.18. The van der Waals surface area contributed by atoms with Crippen molar-refractivity contribution >= 4 is 17.4 Å². The molecule has 1 fully saturated rings. The predicted octanol–water partition coefficient (Wildman–Crippen LogP) is 2.74. The van der Waals surface area contributed by atoms with Gasteiger partial charge in [-0.1, -0.05) is 60.7 Å². The molecule has 1 N–H and O–H groups in total. The van der Waals surface area contributed by atoms with E-state index in [1.54, 1.807) is 31.3 Å². The van der Waals surface area contributed by atoms with Crippen LogP contribution in [-0.2, 0) is 9.59 Å². The predicted molar refractivity (Wildman–Crippen MR) is 83.0 cm³/mol. The number of Topliss-reactive ketones (excluding diaryl/α,β-unsaturated/α-hetero) is 1. The van der Waals surface area contributed by atoms with Gasteiger partial charge in [-0.15, -0.1) is 0 Å². The molecule has 0 bridgehead atoms. The van der Waals surface area contributed by atoms with Crippen LogP contribution in [0.15, 0.2) is 66.2 Å². The number of hydrogen-bond acceptors (Lipinski definition) is 3. The number of rotatable bonds is 2. The molecule has 1 amide bonds. The Morgan fingerprint density at radius 3 is 2.09 bits per heavy atom. The standard InChI is InChI=1S/C18H15NO3/c1-19-15(12-8-4-2-5-9-12)14(17(21)18(19)22)16(20)13-10-6-3-7-11-13/h2-11,15,20H,1H3. The highest BCUT2D eigenvalue weighted by atomic mass is 16.3. The fourth-order valence-electron chi connectivity index (χ4n) is 2.72. The van der Waals surface area contributed by atoms with Crippen molar-refractivity contribution in [2.45, 2.75) is 6.04 Å². The highest BCUT2D eigenvalue weighted by Crippen LogP contribution is 2.37. The molecule has 1 saturated heterocycles. The lowest BCUT2D eigenvalue weighted by Crippen LogP contribution is -2.24. The molecule has 0 radical (unpaired) electrons. The average Bonchev–Trinajstić information content (AvgIpc) is 2.80. The molecule has 2 aromatic rings. The molecule has 22 heavy (non-hydrogen) atoms. The zero-order valence-corrected chi connectivity index (χ0v) is 12.1. The second kappa shape index (κ2) is 5.48. The topological polar surface area (TPSA) is 57.6 Å². The van der Waals surface area contributed by atoms with E-state index < -0.39 is 17.7 Å². The van der Waals surface area contributed by atoms with E-state index in [4.69, 9.17) is 0 Å². The van der Waals surface area contributed by atoms with E-state index in [1.165, 1.54) is 4.90 Å². The largest absolute Gasteiger partial charge is 0.507 e. The number of likely N-dealkylation sites (tertiary alicyclic amines) is 1. The molecule has 1 aliphatic heterocycles. The quantitative estimate of drug-likeness (QED) is 0.526. The lowest BCUT2D eigenvalue weighted by molar-refractivity contribution is -0.139. The fraction of sp³-hybridized carbons (Fsp3) is 0.111. The third-order valence-electron chi connectivity index (χ3n) is 3.84. The number of benzene rings is 2. The van der Waals surface area contributed by atoms with Gasteiger partial charge in [0.2, 0.25) is 0 Å². The first kappa shape index (κ1) is 14.1. The van der Waals surface area contributed by atoms with Gasteiger partial charge < -0.3 is 10.0 Å². The van der Waals surface area contributed by atoms with E-state index in [0.29, 0.717) is 5.56 Å². The number of carbonyl (C=O) groups is 2. The molecule has 4 heteroatoms. The Morgan fingerprint density at radius 2 is 1.50 bits per heavy atom. The number of amides is 1.